The maximum atomic E-state index is 13.5. The molecule has 6 heteroatoms. The molecule has 1 aromatic rings. The Morgan fingerprint density at radius 2 is 1.95 bits per heavy atom. The molecule has 1 aromatic carbocycles. The average Bonchev–Trinajstić information content (AvgIpc) is 2.89. The molecule has 20 heavy (non-hydrogen) atoms. The van der Waals surface area contributed by atoms with Gasteiger partial charge in [0.1, 0.15) is 5.82 Å². The molecule has 0 radical (unpaired) electrons. The normalized spacial score (nSPS) is 23.2. The molecule has 2 N–H and O–H groups in total. The Morgan fingerprint density at radius 1 is 1.35 bits per heavy atom. The highest BCUT2D eigenvalue weighted by Gasteiger charge is 2.65. The van der Waals surface area contributed by atoms with Crippen LogP contribution in [0.2, 0.25) is 0 Å². The van der Waals surface area contributed by atoms with Gasteiger partial charge in [0.25, 0.3) is 0 Å². The van der Waals surface area contributed by atoms with Crippen molar-refractivity contribution in [2.75, 3.05) is 5.32 Å². The number of rotatable bonds is 3. The van der Waals surface area contributed by atoms with Crippen molar-refractivity contribution in [1.29, 1.82) is 0 Å². The van der Waals surface area contributed by atoms with Crippen molar-refractivity contribution in [3.05, 3.63) is 28.0 Å². The molecule has 1 saturated carbocycles. The minimum Gasteiger partial charge on any atom is -0.481 e. The van der Waals surface area contributed by atoms with E-state index < -0.39 is 29.0 Å². The second kappa shape index (κ2) is 4.84. The van der Waals surface area contributed by atoms with Crippen LogP contribution >= 0.6 is 15.9 Å². The number of carbonyl (C=O) groups excluding carboxylic acids is 1. The first-order valence-corrected chi connectivity index (χ1v) is 6.95. The molecule has 1 fully saturated rings. The number of carbonyl (C=O) groups is 2. The maximum absolute atomic E-state index is 13.5. The highest BCUT2D eigenvalue weighted by Crippen LogP contribution is 2.58. The van der Waals surface area contributed by atoms with E-state index in [4.69, 9.17) is 5.11 Å². The van der Waals surface area contributed by atoms with Crippen LogP contribution in [0.4, 0.5) is 10.1 Å². The summed E-state index contributed by atoms with van der Waals surface area (Å²) in [4.78, 5) is 23.2. The Kier molecular flexibility index (Phi) is 3.62. The number of amides is 1. The van der Waals surface area contributed by atoms with E-state index in [2.05, 4.69) is 21.2 Å². The van der Waals surface area contributed by atoms with Gasteiger partial charge in [0, 0.05) is 5.69 Å². The highest BCUT2D eigenvalue weighted by molar-refractivity contribution is 9.10. The fraction of sp³-hybridized carbons (Fsp3) is 0.429. The molecule has 4 nitrogen and oxygen atoms in total. The molecule has 1 amide bonds. The van der Waals surface area contributed by atoms with Gasteiger partial charge in [-0.05, 0) is 46.0 Å². The number of anilines is 1. The molecule has 0 saturated heterocycles. The summed E-state index contributed by atoms with van der Waals surface area (Å²) >= 11 is 3.07. The van der Waals surface area contributed by atoms with Crippen LogP contribution in [0.15, 0.2) is 16.6 Å². The highest BCUT2D eigenvalue weighted by atomic mass is 79.9. The van der Waals surface area contributed by atoms with Gasteiger partial charge in [-0.1, -0.05) is 13.8 Å². The minimum absolute atomic E-state index is 0.322. The van der Waals surface area contributed by atoms with Gasteiger partial charge in [0.15, 0.2) is 0 Å². The fourth-order valence-electron chi connectivity index (χ4n) is 2.58. The van der Waals surface area contributed by atoms with Crippen molar-refractivity contribution in [3.8, 4) is 0 Å². The lowest BCUT2D eigenvalue weighted by molar-refractivity contribution is -0.140. The predicted octanol–water partition coefficient (Wildman–Crippen LogP) is 3.19. The van der Waals surface area contributed by atoms with Crippen molar-refractivity contribution in [2.24, 2.45) is 17.3 Å². The van der Waals surface area contributed by atoms with Crippen LogP contribution in [0.1, 0.15) is 19.4 Å². The fourth-order valence-corrected chi connectivity index (χ4v) is 3.04. The third-order valence-corrected chi connectivity index (χ3v) is 4.51. The van der Waals surface area contributed by atoms with Crippen molar-refractivity contribution < 1.29 is 19.1 Å². The van der Waals surface area contributed by atoms with Crippen molar-refractivity contribution in [2.45, 2.75) is 20.8 Å². The van der Waals surface area contributed by atoms with E-state index in [1.165, 1.54) is 6.07 Å². The lowest BCUT2D eigenvalue weighted by Gasteiger charge is -2.10. The first-order valence-electron chi connectivity index (χ1n) is 6.15. The van der Waals surface area contributed by atoms with Gasteiger partial charge < -0.3 is 10.4 Å². The first-order chi connectivity index (χ1) is 9.16. The van der Waals surface area contributed by atoms with E-state index in [9.17, 15) is 14.0 Å². The second-order valence-corrected chi connectivity index (χ2v) is 6.54. The average molecular weight is 344 g/mol. The van der Waals surface area contributed by atoms with Gasteiger partial charge in [0.2, 0.25) is 5.91 Å². The molecule has 2 rings (SSSR count). The molecule has 1 aliphatic carbocycles. The standard InChI is InChI=1S/C14H15BrFNO3/c1-6-4-7(15)8(16)5-9(6)17-12(18)10-11(13(19)20)14(10,2)3/h4-5,10-11H,1-3H3,(H,17,18)(H,19,20)/t10-,11+/m1/s1. The van der Waals surface area contributed by atoms with Gasteiger partial charge >= 0.3 is 5.97 Å². The number of benzene rings is 1. The van der Waals surface area contributed by atoms with Crippen LogP contribution in [-0.4, -0.2) is 17.0 Å². The number of aliphatic carboxylic acids is 1. The summed E-state index contributed by atoms with van der Waals surface area (Å²) < 4.78 is 13.8. The van der Waals surface area contributed by atoms with Crippen LogP contribution in [0.3, 0.4) is 0 Å². The van der Waals surface area contributed by atoms with Crippen molar-refractivity contribution >= 4 is 33.5 Å². The molecule has 0 aromatic heterocycles. The summed E-state index contributed by atoms with van der Waals surface area (Å²) in [6, 6.07) is 2.79. The number of hydrogen-bond acceptors (Lipinski definition) is 2. The number of carboxylic acid groups (broad SMARTS) is 1. The third kappa shape index (κ3) is 2.44. The molecule has 108 valence electrons. The quantitative estimate of drug-likeness (QED) is 0.885. The van der Waals surface area contributed by atoms with Crippen LogP contribution in [0.5, 0.6) is 0 Å². The molecule has 1 aliphatic rings. The topological polar surface area (TPSA) is 66.4 Å². The van der Waals surface area contributed by atoms with E-state index in [0.717, 1.165) is 0 Å². The summed E-state index contributed by atoms with van der Waals surface area (Å²) in [5, 5.41) is 11.7. The molecule has 0 aliphatic heterocycles. The molecule has 0 heterocycles. The lowest BCUT2D eigenvalue weighted by atomic mass is 10.1. The predicted molar refractivity (Wildman–Crippen MR) is 75.9 cm³/mol. The van der Waals surface area contributed by atoms with E-state index in [1.54, 1.807) is 26.8 Å². The largest absolute Gasteiger partial charge is 0.481 e. The lowest BCUT2D eigenvalue weighted by Crippen LogP contribution is -2.18. The molecule has 2 atom stereocenters. The van der Waals surface area contributed by atoms with E-state index >= 15 is 0 Å². The minimum atomic E-state index is -0.978. The van der Waals surface area contributed by atoms with E-state index in [0.29, 0.717) is 15.7 Å². The number of nitrogens with one attached hydrogen (secondary N) is 1. The Balaban J connectivity index is 2.18. The van der Waals surface area contributed by atoms with E-state index in [-0.39, 0.29) is 5.91 Å². The van der Waals surface area contributed by atoms with Crippen LogP contribution in [0, 0.1) is 30.0 Å². The van der Waals surface area contributed by atoms with Gasteiger partial charge in [-0.2, -0.15) is 0 Å². The maximum Gasteiger partial charge on any atom is 0.307 e. The third-order valence-electron chi connectivity index (χ3n) is 3.90. The molecule has 0 bridgehead atoms. The molecular formula is C14H15BrFNO3. The molecular weight excluding hydrogens is 329 g/mol. The Hall–Kier alpha value is -1.43. The van der Waals surface area contributed by atoms with Gasteiger partial charge in [-0.25, -0.2) is 4.39 Å². The van der Waals surface area contributed by atoms with Gasteiger partial charge in [-0.3, -0.25) is 9.59 Å². The Bertz CT molecular complexity index is 600. The zero-order valence-electron chi connectivity index (χ0n) is 11.3. The SMILES string of the molecule is Cc1cc(Br)c(F)cc1NC(=O)[C@H]1[C@@H](C(=O)O)C1(C)C. The summed E-state index contributed by atoms with van der Waals surface area (Å²) in [7, 11) is 0. The summed E-state index contributed by atoms with van der Waals surface area (Å²) in [5.41, 5.74) is 0.497. The van der Waals surface area contributed by atoms with E-state index in [1.807, 2.05) is 0 Å². The zero-order chi connectivity index (χ0) is 15.2. The second-order valence-electron chi connectivity index (χ2n) is 5.69. The summed E-state index contributed by atoms with van der Waals surface area (Å²) in [5.74, 6) is -3.12. The number of halogens is 2. The molecule has 0 spiro atoms. The Morgan fingerprint density at radius 3 is 2.45 bits per heavy atom. The monoisotopic (exact) mass is 343 g/mol. The summed E-state index contributed by atoms with van der Waals surface area (Å²) in [6.45, 7) is 5.22. The smallest absolute Gasteiger partial charge is 0.307 e. The molecule has 0 unspecified atom stereocenters. The summed E-state index contributed by atoms with van der Waals surface area (Å²) in [6.07, 6.45) is 0. The number of aryl methyl sites for hydroxylation is 1. The van der Waals surface area contributed by atoms with Crippen LogP contribution in [0.25, 0.3) is 0 Å². The van der Waals surface area contributed by atoms with Gasteiger partial charge in [-0.15, -0.1) is 0 Å². The number of hydrogen-bond donors (Lipinski definition) is 2. The van der Waals surface area contributed by atoms with Crippen molar-refractivity contribution in [3.63, 3.8) is 0 Å². The number of carboxylic acids is 1. The Labute approximate surface area is 124 Å². The van der Waals surface area contributed by atoms with Crippen LogP contribution in [-0.2, 0) is 9.59 Å². The van der Waals surface area contributed by atoms with Gasteiger partial charge in [0.05, 0.1) is 16.3 Å². The zero-order valence-corrected chi connectivity index (χ0v) is 12.9. The first kappa shape index (κ1) is 15.0. The van der Waals surface area contributed by atoms with Crippen LogP contribution < -0.4 is 5.32 Å². The van der Waals surface area contributed by atoms with Crippen molar-refractivity contribution in [1.82, 2.24) is 0 Å².